The molecule has 4 aromatic carbocycles. The Morgan fingerprint density at radius 2 is 1.39 bits per heavy atom. The molecular formula is C32H32N2O4. The maximum absolute atomic E-state index is 12.0. The number of amides is 1. The Hall–Kier alpha value is -4.58. The largest absolute Gasteiger partial charge is 0.490 e. The molecule has 0 aliphatic carbocycles. The van der Waals surface area contributed by atoms with E-state index in [9.17, 15) is 4.79 Å². The average Bonchev–Trinajstić information content (AvgIpc) is 2.96. The number of carbonyl (C=O) groups is 1. The zero-order chi connectivity index (χ0) is 26.6. The van der Waals surface area contributed by atoms with Crippen LogP contribution in [-0.4, -0.2) is 25.1 Å². The third-order valence-corrected chi connectivity index (χ3v) is 5.89. The van der Waals surface area contributed by atoms with Crippen molar-refractivity contribution in [3.63, 3.8) is 0 Å². The van der Waals surface area contributed by atoms with Crippen LogP contribution >= 0.6 is 0 Å². The number of para-hydroxylation sites is 1. The molecule has 0 saturated carbocycles. The summed E-state index contributed by atoms with van der Waals surface area (Å²) >= 11 is 0. The number of ether oxygens (including phenoxy) is 3. The lowest BCUT2D eigenvalue weighted by Crippen LogP contribution is -2.16. The second-order valence-corrected chi connectivity index (χ2v) is 8.69. The number of hydrogen-bond acceptors (Lipinski definition) is 4. The summed E-state index contributed by atoms with van der Waals surface area (Å²) in [6, 6.07) is 33.0. The number of nitrogens with zero attached hydrogens (tertiary/aromatic N) is 1. The summed E-state index contributed by atoms with van der Waals surface area (Å²) in [5.41, 5.74) is 10.8. The van der Waals surface area contributed by atoms with Gasteiger partial charge in [0.15, 0.2) is 0 Å². The Labute approximate surface area is 223 Å². The van der Waals surface area contributed by atoms with Gasteiger partial charge >= 0.3 is 6.09 Å². The van der Waals surface area contributed by atoms with Crippen molar-refractivity contribution >= 4 is 11.9 Å². The van der Waals surface area contributed by atoms with E-state index in [1.165, 1.54) is 5.56 Å². The summed E-state index contributed by atoms with van der Waals surface area (Å²) in [5, 5.41) is 0. The quantitative estimate of drug-likeness (QED) is 0.137. The summed E-state index contributed by atoms with van der Waals surface area (Å²) in [6.45, 7) is 3.25. The normalized spacial score (nSPS) is 11.1. The van der Waals surface area contributed by atoms with Crippen LogP contribution < -0.4 is 15.2 Å². The Morgan fingerprint density at radius 1 is 0.763 bits per heavy atom. The Balaban J connectivity index is 1.26. The summed E-state index contributed by atoms with van der Waals surface area (Å²) < 4.78 is 16.9. The van der Waals surface area contributed by atoms with Crippen LogP contribution in [0.15, 0.2) is 108 Å². The molecule has 4 aromatic rings. The lowest BCUT2D eigenvalue weighted by molar-refractivity contribution is 0.151. The van der Waals surface area contributed by atoms with Gasteiger partial charge in [0.25, 0.3) is 0 Å². The van der Waals surface area contributed by atoms with E-state index in [-0.39, 0.29) is 12.4 Å². The van der Waals surface area contributed by atoms with Crippen molar-refractivity contribution in [2.45, 2.75) is 26.4 Å². The Bertz CT molecular complexity index is 1330. The molecule has 2 N–H and O–H groups in total. The van der Waals surface area contributed by atoms with Gasteiger partial charge in [0.2, 0.25) is 0 Å². The molecule has 0 aliphatic rings. The lowest BCUT2D eigenvalue weighted by Gasteiger charge is -2.12. The van der Waals surface area contributed by atoms with E-state index >= 15 is 0 Å². The number of carbonyl (C=O) groups excluding carboxylic acids is 1. The number of rotatable bonds is 11. The molecule has 0 spiro atoms. The van der Waals surface area contributed by atoms with Crippen LogP contribution in [0, 0.1) is 0 Å². The average molecular weight is 509 g/mol. The van der Waals surface area contributed by atoms with Crippen molar-refractivity contribution in [3.8, 4) is 22.6 Å². The molecule has 6 nitrogen and oxygen atoms in total. The third-order valence-electron chi connectivity index (χ3n) is 5.89. The molecule has 0 radical (unpaired) electrons. The van der Waals surface area contributed by atoms with E-state index in [2.05, 4.69) is 18.0 Å². The van der Waals surface area contributed by atoms with Crippen LogP contribution in [0.3, 0.4) is 0 Å². The van der Waals surface area contributed by atoms with E-state index in [1.807, 2.05) is 97.1 Å². The number of aliphatic imine (C=N–C) groups is 1. The zero-order valence-electron chi connectivity index (χ0n) is 21.5. The Kier molecular flexibility index (Phi) is 9.51. The third kappa shape index (κ3) is 7.71. The molecule has 6 heteroatoms. The van der Waals surface area contributed by atoms with Gasteiger partial charge in [-0.2, -0.15) is 4.99 Å². The zero-order valence-corrected chi connectivity index (χ0v) is 21.5. The standard InChI is InChI=1S/C32H32N2O4/c1-2-8-27-11-6-7-12-30(27)37-22-21-36-29-19-17-26(18-20-29)25-13-15-28(16-14-25)31(33)34-32(35)38-23-24-9-4-3-5-10-24/h3-7,9-20H,2,8,21-23H2,1H3,(H2,33,34,35). The Morgan fingerprint density at radius 3 is 2.11 bits per heavy atom. The summed E-state index contributed by atoms with van der Waals surface area (Å²) in [5.74, 6) is 1.81. The van der Waals surface area contributed by atoms with Crippen LogP contribution in [-0.2, 0) is 17.8 Å². The molecule has 0 saturated heterocycles. The van der Waals surface area contributed by atoms with Gasteiger partial charge in [-0.15, -0.1) is 0 Å². The highest BCUT2D eigenvalue weighted by molar-refractivity contribution is 6.03. The number of aryl methyl sites for hydroxylation is 1. The maximum atomic E-state index is 12.0. The first-order chi connectivity index (χ1) is 18.6. The minimum absolute atomic E-state index is 0.109. The van der Waals surface area contributed by atoms with Crippen LogP contribution in [0.1, 0.15) is 30.0 Å². The van der Waals surface area contributed by atoms with Crippen molar-refractivity contribution in [1.29, 1.82) is 0 Å². The number of hydrogen-bond donors (Lipinski definition) is 1. The first-order valence-corrected chi connectivity index (χ1v) is 12.7. The van der Waals surface area contributed by atoms with Crippen LogP contribution in [0.2, 0.25) is 0 Å². The molecule has 1 amide bonds. The highest BCUT2D eigenvalue weighted by atomic mass is 16.5. The van der Waals surface area contributed by atoms with Gasteiger partial charge in [-0.05, 0) is 46.9 Å². The molecule has 0 bridgehead atoms. The van der Waals surface area contributed by atoms with E-state index in [0.29, 0.717) is 18.8 Å². The minimum atomic E-state index is -0.721. The number of benzene rings is 4. The minimum Gasteiger partial charge on any atom is -0.490 e. The van der Waals surface area contributed by atoms with Gasteiger partial charge in [-0.25, -0.2) is 4.79 Å². The van der Waals surface area contributed by atoms with Gasteiger partial charge in [0, 0.05) is 5.56 Å². The highest BCUT2D eigenvalue weighted by Crippen LogP contribution is 2.23. The molecule has 194 valence electrons. The SMILES string of the molecule is CCCc1ccccc1OCCOc1ccc(-c2ccc(/C(N)=N/C(=O)OCc3ccccc3)cc2)cc1. The van der Waals surface area contributed by atoms with Gasteiger partial charge in [-0.1, -0.05) is 98.3 Å². The van der Waals surface area contributed by atoms with Crippen LogP contribution in [0.5, 0.6) is 11.5 Å². The summed E-state index contributed by atoms with van der Waals surface area (Å²) in [6.07, 6.45) is 1.36. The fourth-order valence-corrected chi connectivity index (χ4v) is 3.92. The van der Waals surface area contributed by atoms with Gasteiger partial charge < -0.3 is 19.9 Å². The summed E-state index contributed by atoms with van der Waals surface area (Å²) in [4.78, 5) is 15.9. The molecule has 38 heavy (non-hydrogen) atoms. The molecule has 0 heterocycles. The van der Waals surface area contributed by atoms with Gasteiger partial charge in [0.05, 0.1) is 0 Å². The van der Waals surface area contributed by atoms with E-state index < -0.39 is 6.09 Å². The lowest BCUT2D eigenvalue weighted by atomic mass is 10.0. The molecule has 4 rings (SSSR count). The van der Waals surface area contributed by atoms with Crippen LogP contribution in [0.25, 0.3) is 11.1 Å². The van der Waals surface area contributed by atoms with Gasteiger partial charge in [-0.3, -0.25) is 0 Å². The maximum Gasteiger partial charge on any atom is 0.435 e. The monoisotopic (exact) mass is 508 g/mol. The molecular weight excluding hydrogens is 476 g/mol. The molecule has 0 aromatic heterocycles. The highest BCUT2D eigenvalue weighted by Gasteiger charge is 2.07. The molecule has 0 aliphatic heterocycles. The van der Waals surface area contributed by atoms with Crippen molar-refractivity contribution in [1.82, 2.24) is 0 Å². The first kappa shape index (κ1) is 26.5. The van der Waals surface area contributed by atoms with Gasteiger partial charge in [0.1, 0.15) is 37.2 Å². The predicted octanol–water partition coefficient (Wildman–Crippen LogP) is 6.81. The van der Waals surface area contributed by atoms with Crippen molar-refractivity contribution in [3.05, 3.63) is 120 Å². The van der Waals surface area contributed by atoms with E-state index in [4.69, 9.17) is 19.9 Å². The van der Waals surface area contributed by atoms with Crippen LogP contribution in [0.4, 0.5) is 4.79 Å². The van der Waals surface area contributed by atoms with E-state index in [0.717, 1.165) is 41.0 Å². The fourth-order valence-electron chi connectivity index (χ4n) is 3.92. The van der Waals surface area contributed by atoms with Crippen molar-refractivity contribution in [2.24, 2.45) is 10.7 Å². The summed E-state index contributed by atoms with van der Waals surface area (Å²) in [7, 11) is 0. The second kappa shape index (κ2) is 13.7. The molecule has 0 unspecified atom stereocenters. The predicted molar refractivity (Wildman–Crippen MR) is 151 cm³/mol. The second-order valence-electron chi connectivity index (χ2n) is 8.69. The smallest absolute Gasteiger partial charge is 0.435 e. The van der Waals surface area contributed by atoms with E-state index in [1.54, 1.807) is 0 Å². The molecule has 0 fully saturated rings. The number of amidine groups is 1. The first-order valence-electron chi connectivity index (χ1n) is 12.7. The topological polar surface area (TPSA) is 83.1 Å². The molecule has 0 atom stereocenters. The number of nitrogens with two attached hydrogens (primary N) is 1. The van der Waals surface area contributed by atoms with Crippen molar-refractivity contribution in [2.75, 3.05) is 13.2 Å². The fraction of sp³-hybridized carbons (Fsp3) is 0.188. The van der Waals surface area contributed by atoms with Crippen molar-refractivity contribution < 1.29 is 19.0 Å².